The second-order valence-corrected chi connectivity index (χ2v) is 4.95. The molecule has 0 amide bonds. The molecule has 0 fully saturated rings. The normalized spacial score (nSPS) is 10.9. The molecule has 2 rings (SSSR count). The van der Waals surface area contributed by atoms with Crippen LogP contribution in [0.4, 0.5) is 5.88 Å². The van der Waals surface area contributed by atoms with Gasteiger partial charge in [0.1, 0.15) is 17.4 Å². The Morgan fingerprint density at radius 2 is 1.74 bits per heavy atom. The second kappa shape index (κ2) is 6.62. The highest BCUT2D eigenvalue weighted by molar-refractivity contribution is 6.14. The lowest BCUT2D eigenvalue weighted by Crippen LogP contribution is -2.06. The van der Waals surface area contributed by atoms with Crippen molar-refractivity contribution in [2.75, 3.05) is 19.0 Å². The number of allylic oxidation sites excluding steroid dienone is 1. The number of carbonyl (C=O) groups excluding carboxylic acids is 1. The van der Waals surface area contributed by atoms with E-state index in [2.05, 4.69) is 0 Å². The average Bonchev–Trinajstić information content (AvgIpc) is 3.01. The lowest BCUT2D eigenvalue weighted by atomic mass is 10.0. The van der Waals surface area contributed by atoms with Crippen molar-refractivity contribution in [1.82, 2.24) is 0 Å². The maximum atomic E-state index is 12.3. The van der Waals surface area contributed by atoms with E-state index in [0.29, 0.717) is 11.6 Å². The van der Waals surface area contributed by atoms with Crippen molar-refractivity contribution in [1.29, 1.82) is 5.26 Å². The Hall–Kier alpha value is -3.33. The lowest BCUT2D eigenvalue weighted by molar-refractivity contribution is 0.0696. The summed E-state index contributed by atoms with van der Waals surface area (Å²) < 4.78 is 5.48. The standard InChI is InChI=1S/C17H14N2O4/c1-19(2)15-8-7-14(23-15)9-13(10-18)16(20)11-3-5-12(6-4-11)17(21)22/h3-9H,1-2H3,(H,21,22). The summed E-state index contributed by atoms with van der Waals surface area (Å²) in [7, 11) is 3.62. The highest BCUT2D eigenvalue weighted by atomic mass is 16.4. The van der Waals surface area contributed by atoms with Gasteiger partial charge in [-0.25, -0.2) is 4.79 Å². The molecule has 0 aliphatic rings. The van der Waals surface area contributed by atoms with E-state index in [1.165, 1.54) is 30.3 Å². The minimum atomic E-state index is -1.08. The average molecular weight is 310 g/mol. The number of furan rings is 1. The largest absolute Gasteiger partial charge is 0.478 e. The first-order valence-corrected chi connectivity index (χ1v) is 6.69. The van der Waals surface area contributed by atoms with Crippen LogP contribution in [0.25, 0.3) is 6.08 Å². The Morgan fingerprint density at radius 3 is 2.22 bits per heavy atom. The molecule has 23 heavy (non-hydrogen) atoms. The molecular weight excluding hydrogens is 296 g/mol. The molecule has 0 radical (unpaired) electrons. The van der Waals surface area contributed by atoms with Crippen molar-refractivity contribution in [3.05, 3.63) is 58.9 Å². The number of nitrogens with zero attached hydrogens (tertiary/aromatic N) is 2. The van der Waals surface area contributed by atoms with Crippen molar-refractivity contribution < 1.29 is 19.1 Å². The Kier molecular flexibility index (Phi) is 4.62. The number of benzene rings is 1. The van der Waals surface area contributed by atoms with Gasteiger partial charge in [-0.15, -0.1) is 0 Å². The summed E-state index contributed by atoms with van der Waals surface area (Å²) in [5, 5.41) is 18.0. The van der Waals surface area contributed by atoms with E-state index >= 15 is 0 Å². The molecule has 6 heteroatoms. The van der Waals surface area contributed by atoms with Crippen molar-refractivity contribution in [2.45, 2.75) is 0 Å². The quantitative estimate of drug-likeness (QED) is 0.518. The molecule has 2 aromatic rings. The predicted octanol–water partition coefficient (Wildman–Crippen LogP) is 2.83. The number of hydrogen-bond acceptors (Lipinski definition) is 5. The van der Waals surface area contributed by atoms with Gasteiger partial charge in [-0.3, -0.25) is 4.79 Å². The fraction of sp³-hybridized carbons (Fsp3) is 0.118. The number of Topliss-reactive ketones (excluding diaryl/α,β-unsaturated/α-hetero) is 1. The van der Waals surface area contributed by atoms with Crippen LogP contribution >= 0.6 is 0 Å². The molecule has 116 valence electrons. The first kappa shape index (κ1) is 16.0. The van der Waals surface area contributed by atoms with E-state index in [-0.39, 0.29) is 16.7 Å². The second-order valence-electron chi connectivity index (χ2n) is 4.95. The molecule has 0 atom stereocenters. The van der Waals surface area contributed by atoms with Crippen LogP contribution in [0.15, 0.2) is 46.4 Å². The van der Waals surface area contributed by atoms with Gasteiger partial charge in [-0.2, -0.15) is 5.26 Å². The maximum absolute atomic E-state index is 12.3. The van der Waals surface area contributed by atoms with Gasteiger partial charge in [0.2, 0.25) is 5.78 Å². The zero-order valence-electron chi connectivity index (χ0n) is 12.6. The van der Waals surface area contributed by atoms with Gasteiger partial charge in [0, 0.05) is 31.8 Å². The molecule has 0 unspecified atom stereocenters. The van der Waals surface area contributed by atoms with Crippen molar-refractivity contribution in [3.63, 3.8) is 0 Å². The van der Waals surface area contributed by atoms with E-state index < -0.39 is 11.8 Å². The number of carbonyl (C=O) groups is 2. The van der Waals surface area contributed by atoms with E-state index in [4.69, 9.17) is 9.52 Å². The summed E-state index contributed by atoms with van der Waals surface area (Å²) in [6.45, 7) is 0. The third-order valence-corrected chi connectivity index (χ3v) is 3.10. The Labute approximate surface area is 132 Å². The van der Waals surface area contributed by atoms with E-state index in [9.17, 15) is 14.9 Å². The fourth-order valence-electron chi connectivity index (χ4n) is 1.87. The highest BCUT2D eigenvalue weighted by Crippen LogP contribution is 2.19. The van der Waals surface area contributed by atoms with Crippen LogP contribution in [0.1, 0.15) is 26.5 Å². The number of aromatic carboxylic acids is 1. The first-order valence-electron chi connectivity index (χ1n) is 6.69. The number of carboxylic acids is 1. The molecule has 0 saturated heterocycles. The molecule has 1 aromatic heterocycles. The monoisotopic (exact) mass is 310 g/mol. The Morgan fingerprint density at radius 1 is 1.13 bits per heavy atom. The molecule has 6 nitrogen and oxygen atoms in total. The van der Waals surface area contributed by atoms with Gasteiger partial charge in [0.25, 0.3) is 0 Å². The summed E-state index contributed by atoms with van der Waals surface area (Å²) >= 11 is 0. The molecule has 1 heterocycles. The van der Waals surface area contributed by atoms with Gasteiger partial charge < -0.3 is 14.4 Å². The van der Waals surface area contributed by atoms with Gasteiger partial charge in [-0.05, 0) is 18.2 Å². The molecule has 0 bridgehead atoms. The summed E-state index contributed by atoms with van der Waals surface area (Å²) in [5.74, 6) is -0.577. The van der Waals surface area contributed by atoms with Crippen LogP contribution in [0, 0.1) is 11.3 Å². The van der Waals surface area contributed by atoms with Gasteiger partial charge in [0.15, 0.2) is 5.88 Å². The van der Waals surface area contributed by atoms with E-state index in [0.717, 1.165) is 0 Å². The lowest BCUT2D eigenvalue weighted by Gasteiger charge is -2.06. The zero-order chi connectivity index (χ0) is 17.0. The highest BCUT2D eigenvalue weighted by Gasteiger charge is 2.14. The smallest absolute Gasteiger partial charge is 0.335 e. The number of anilines is 1. The van der Waals surface area contributed by atoms with Gasteiger partial charge >= 0.3 is 5.97 Å². The summed E-state index contributed by atoms with van der Waals surface area (Å²) in [6.07, 6.45) is 1.36. The Balaban J connectivity index is 2.28. The minimum absolute atomic E-state index is 0.0747. The minimum Gasteiger partial charge on any atom is -0.478 e. The van der Waals surface area contributed by atoms with Crippen molar-refractivity contribution in [3.8, 4) is 6.07 Å². The topological polar surface area (TPSA) is 94.5 Å². The number of ketones is 1. The van der Waals surface area contributed by atoms with E-state index in [1.807, 2.05) is 20.2 Å². The van der Waals surface area contributed by atoms with Gasteiger partial charge in [-0.1, -0.05) is 12.1 Å². The summed E-state index contributed by atoms with van der Waals surface area (Å²) in [5.41, 5.74) is 0.223. The number of carboxylic acid groups (broad SMARTS) is 1. The molecular formula is C17H14N2O4. The number of rotatable bonds is 5. The fourth-order valence-corrected chi connectivity index (χ4v) is 1.87. The molecule has 1 aromatic carbocycles. The van der Waals surface area contributed by atoms with Crippen molar-refractivity contribution in [2.24, 2.45) is 0 Å². The number of nitriles is 1. The third-order valence-electron chi connectivity index (χ3n) is 3.10. The SMILES string of the molecule is CN(C)c1ccc(C=C(C#N)C(=O)c2ccc(C(=O)O)cc2)o1. The van der Waals surface area contributed by atoms with Crippen LogP contribution in [-0.2, 0) is 0 Å². The van der Waals surface area contributed by atoms with Crippen LogP contribution < -0.4 is 4.90 Å². The Bertz CT molecular complexity index is 808. The molecule has 0 aliphatic carbocycles. The number of hydrogen-bond donors (Lipinski definition) is 1. The predicted molar refractivity (Wildman–Crippen MR) is 84.4 cm³/mol. The summed E-state index contributed by atoms with van der Waals surface area (Å²) in [4.78, 5) is 24.9. The van der Waals surface area contributed by atoms with Crippen LogP contribution in [0.2, 0.25) is 0 Å². The van der Waals surface area contributed by atoms with Crippen molar-refractivity contribution >= 4 is 23.7 Å². The molecule has 1 N–H and O–H groups in total. The zero-order valence-corrected chi connectivity index (χ0v) is 12.6. The van der Waals surface area contributed by atoms with Crippen LogP contribution in [0.5, 0.6) is 0 Å². The molecule has 0 spiro atoms. The maximum Gasteiger partial charge on any atom is 0.335 e. The van der Waals surface area contributed by atoms with Crippen LogP contribution in [0.3, 0.4) is 0 Å². The molecule has 0 aliphatic heterocycles. The van der Waals surface area contributed by atoms with Gasteiger partial charge in [0.05, 0.1) is 5.56 Å². The van der Waals surface area contributed by atoms with Crippen LogP contribution in [-0.4, -0.2) is 31.0 Å². The summed E-state index contributed by atoms with van der Waals surface area (Å²) in [6, 6.07) is 10.6. The first-order chi connectivity index (χ1) is 10.9. The van der Waals surface area contributed by atoms with E-state index in [1.54, 1.807) is 17.0 Å². The molecule has 0 saturated carbocycles. The third kappa shape index (κ3) is 3.66.